The molecule has 1 rings (SSSR count). The molecule has 24 heavy (non-hydrogen) atoms. The van der Waals surface area contributed by atoms with Gasteiger partial charge >= 0.3 is 6.18 Å². The van der Waals surface area contributed by atoms with Gasteiger partial charge in [-0.15, -0.1) is 35.7 Å². The van der Waals surface area contributed by atoms with Gasteiger partial charge < -0.3 is 10.6 Å². The molecule has 0 bridgehead atoms. The molecule has 0 spiro atoms. The van der Waals surface area contributed by atoms with Gasteiger partial charge in [0.05, 0.1) is 0 Å². The minimum atomic E-state index is -4.07. The molecule has 0 heterocycles. The molecule has 0 atom stereocenters. The summed E-state index contributed by atoms with van der Waals surface area (Å²) in [6.45, 7) is 3.15. The lowest BCUT2D eigenvalue weighted by molar-refractivity contribution is -0.135. The minimum absolute atomic E-state index is 0. The van der Waals surface area contributed by atoms with Crippen molar-refractivity contribution >= 4 is 41.7 Å². The van der Waals surface area contributed by atoms with Crippen LogP contribution in [-0.2, 0) is 6.54 Å². The zero-order valence-corrected chi connectivity index (χ0v) is 17.3. The van der Waals surface area contributed by atoms with Gasteiger partial charge in [0.25, 0.3) is 0 Å². The predicted molar refractivity (Wildman–Crippen MR) is 106 cm³/mol. The topological polar surface area (TPSA) is 36.4 Å². The van der Waals surface area contributed by atoms with E-state index in [1.807, 2.05) is 6.26 Å². The zero-order chi connectivity index (χ0) is 17.3. The number of aliphatic imine (C=N–C) groups is 1. The molecule has 138 valence electrons. The summed E-state index contributed by atoms with van der Waals surface area (Å²) >= 11 is 1.69. The van der Waals surface area contributed by atoms with Crippen molar-refractivity contribution in [2.45, 2.75) is 43.8 Å². The maximum absolute atomic E-state index is 12.1. The van der Waals surface area contributed by atoms with E-state index in [0.717, 1.165) is 0 Å². The largest absolute Gasteiger partial charge is 0.389 e. The second kappa shape index (κ2) is 11.8. The maximum atomic E-state index is 12.1. The molecule has 1 aromatic carbocycles. The number of nitrogens with zero attached hydrogens (tertiary/aromatic N) is 1. The molecule has 0 saturated heterocycles. The molecule has 0 unspecified atom stereocenters. The summed E-state index contributed by atoms with van der Waals surface area (Å²) < 4.78 is 36.2. The Morgan fingerprint density at radius 1 is 1.21 bits per heavy atom. The second-order valence-electron chi connectivity index (χ2n) is 5.24. The van der Waals surface area contributed by atoms with Gasteiger partial charge in [0.2, 0.25) is 0 Å². The van der Waals surface area contributed by atoms with Gasteiger partial charge in [-0.05, 0) is 43.2 Å². The van der Waals surface area contributed by atoms with E-state index in [-0.39, 0.29) is 30.4 Å². The van der Waals surface area contributed by atoms with Crippen LogP contribution in [0.4, 0.5) is 13.2 Å². The first kappa shape index (κ1) is 23.4. The van der Waals surface area contributed by atoms with Crippen LogP contribution < -0.4 is 10.6 Å². The van der Waals surface area contributed by atoms with Crippen LogP contribution in [0.5, 0.6) is 0 Å². The Morgan fingerprint density at radius 2 is 1.92 bits per heavy atom. The molecule has 1 aromatic rings. The Kier molecular flexibility index (Phi) is 11.5. The Bertz CT molecular complexity index is 522. The maximum Gasteiger partial charge on any atom is 0.389 e. The lowest BCUT2D eigenvalue weighted by atomic mass is 10.1. The van der Waals surface area contributed by atoms with Crippen LogP contribution in [0.25, 0.3) is 0 Å². The average molecular weight is 475 g/mol. The van der Waals surface area contributed by atoms with Gasteiger partial charge in [-0.25, -0.2) is 0 Å². The molecule has 3 nitrogen and oxygen atoms in total. The van der Waals surface area contributed by atoms with Crippen molar-refractivity contribution in [3.63, 3.8) is 0 Å². The second-order valence-corrected chi connectivity index (χ2v) is 6.09. The number of hydrogen-bond acceptors (Lipinski definition) is 2. The van der Waals surface area contributed by atoms with E-state index in [0.29, 0.717) is 25.5 Å². The monoisotopic (exact) mass is 475 g/mol. The molecule has 0 aromatic heterocycles. The fraction of sp³-hybridized carbons (Fsp3) is 0.562. The summed E-state index contributed by atoms with van der Waals surface area (Å²) in [6, 6.07) is 6.27. The normalized spacial score (nSPS) is 11.8. The Hall–Kier alpha value is -0.640. The summed E-state index contributed by atoms with van der Waals surface area (Å²) in [5, 5.41) is 6.23. The van der Waals surface area contributed by atoms with Crippen LogP contribution in [-0.4, -0.2) is 32.0 Å². The fourth-order valence-electron chi connectivity index (χ4n) is 2.05. The van der Waals surface area contributed by atoms with Crippen molar-refractivity contribution in [1.29, 1.82) is 0 Å². The highest BCUT2D eigenvalue weighted by Crippen LogP contribution is 2.22. The van der Waals surface area contributed by atoms with E-state index in [1.54, 1.807) is 18.8 Å². The summed E-state index contributed by atoms with van der Waals surface area (Å²) in [5.74, 6) is 0.602. The molecule has 0 radical (unpaired) electrons. The third-order valence-electron chi connectivity index (χ3n) is 3.29. The summed E-state index contributed by atoms with van der Waals surface area (Å²) in [6.07, 6.45) is -2.18. The number of unbranched alkanes of at least 4 members (excludes halogenated alkanes) is 1. The molecule has 0 saturated carbocycles. The van der Waals surface area contributed by atoms with Crippen LogP contribution in [0.2, 0.25) is 0 Å². The molecular weight excluding hydrogens is 450 g/mol. The molecule has 0 aliphatic heterocycles. The molecule has 0 aliphatic carbocycles. The molecule has 0 amide bonds. The average Bonchev–Trinajstić information content (AvgIpc) is 2.49. The summed E-state index contributed by atoms with van der Waals surface area (Å²) in [4.78, 5) is 5.29. The molecule has 0 fully saturated rings. The third-order valence-corrected chi connectivity index (χ3v) is 4.11. The Balaban J connectivity index is 0.00000529. The highest BCUT2D eigenvalue weighted by molar-refractivity contribution is 14.0. The third kappa shape index (κ3) is 9.61. The Morgan fingerprint density at radius 3 is 2.50 bits per heavy atom. The van der Waals surface area contributed by atoms with Crippen molar-refractivity contribution in [3.8, 4) is 0 Å². The first-order valence-corrected chi connectivity index (χ1v) is 8.73. The number of guanidine groups is 1. The SMILES string of the molecule is CN=C(NCCCCC(F)(F)F)NCc1ccc(C)cc1SC.I. The van der Waals surface area contributed by atoms with E-state index in [4.69, 9.17) is 0 Å². The number of halogens is 4. The number of aryl methyl sites for hydroxylation is 1. The van der Waals surface area contributed by atoms with E-state index >= 15 is 0 Å². The van der Waals surface area contributed by atoms with Crippen molar-refractivity contribution in [2.75, 3.05) is 19.8 Å². The lowest BCUT2D eigenvalue weighted by Crippen LogP contribution is -2.37. The highest BCUT2D eigenvalue weighted by Gasteiger charge is 2.25. The van der Waals surface area contributed by atoms with Gasteiger partial charge in [-0.3, -0.25) is 4.99 Å². The van der Waals surface area contributed by atoms with Crippen molar-refractivity contribution in [2.24, 2.45) is 4.99 Å². The fourth-order valence-corrected chi connectivity index (χ4v) is 2.76. The smallest absolute Gasteiger partial charge is 0.356 e. The van der Waals surface area contributed by atoms with Crippen LogP contribution in [0.15, 0.2) is 28.1 Å². The molecule has 8 heteroatoms. The van der Waals surface area contributed by atoms with Crippen LogP contribution in [0, 0.1) is 6.92 Å². The van der Waals surface area contributed by atoms with Crippen molar-refractivity contribution < 1.29 is 13.2 Å². The minimum Gasteiger partial charge on any atom is -0.356 e. The zero-order valence-electron chi connectivity index (χ0n) is 14.2. The molecule has 2 N–H and O–H groups in total. The number of rotatable bonds is 7. The van der Waals surface area contributed by atoms with E-state index in [2.05, 4.69) is 40.7 Å². The Labute approximate surface area is 163 Å². The van der Waals surface area contributed by atoms with Crippen LogP contribution >= 0.6 is 35.7 Å². The number of nitrogens with one attached hydrogen (secondary N) is 2. The standard InChI is InChI=1S/C16H24F3N3S.HI/c1-12-6-7-13(14(10-12)23-3)11-22-15(20-2)21-9-5-4-8-16(17,18)19;/h6-7,10H,4-5,8-9,11H2,1-3H3,(H2,20,21,22);1H. The van der Waals surface area contributed by atoms with Gasteiger partial charge in [0.1, 0.15) is 0 Å². The highest BCUT2D eigenvalue weighted by atomic mass is 127. The van der Waals surface area contributed by atoms with E-state index in [9.17, 15) is 13.2 Å². The first-order chi connectivity index (χ1) is 10.9. The lowest BCUT2D eigenvalue weighted by Gasteiger charge is -2.14. The number of alkyl halides is 3. The van der Waals surface area contributed by atoms with E-state index in [1.165, 1.54) is 16.0 Å². The predicted octanol–water partition coefficient (Wildman–Crippen LogP) is 4.73. The van der Waals surface area contributed by atoms with Gasteiger partial charge in [0, 0.05) is 31.5 Å². The summed E-state index contributed by atoms with van der Waals surface area (Å²) in [5.41, 5.74) is 2.38. The first-order valence-electron chi connectivity index (χ1n) is 7.50. The number of thioether (sulfide) groups is 1. The number of hydrogen-bond donors (Lipinski definition) is 2. The van der Waals surface area contributed by atoms with Crippen LogP contribution in [0.3, 0.4) is 0 Å². The molecular formula is C16H25F3IN3S. The van der Waals surface area contributed by atoms with Crippen molar-refractivity contribution in [1.82, 2.24) is 10.6 Å². The van der Waals surface area contributed by atoms with E-state index < -0.39 is 12.6 Å². The van der Waals surface area contributed by atoms with Crippen LogP contribution in [0.1, 0.15) is 30.4 Å². The molecule has 0 aliphatic rings. The van der Waals surface area contributed by atoms with Gasteiger partial charge in [-0.2, -0.15) is 13.2 Å². The van der Waals surface area contributed by atoms with Gasteiger partial charge in [-0.1, -0.05) is 12.1 Å². The summed E-state index contributed by atoms with van der Waals surface area (Å²) in [7, 11) is 1.65. The number of benzene rings is 1. The van der Waals surface area contributed by atoms with Gasteiger partial charge in [0.15, 0.2) is 5.96 Å². The van der Waals surface area contributed by atoms with Crippen molar-refractivity contribution in [3.05, 3.63) is 29.3 Å². The quantitative estimate of drug-likeness (QED) is 0.197.